The molecule has 3 rings (SSSR count). The predicted molar refractivity (Wildman–Crippen MR) is 92.2 cm³/mol. The number of fused-ring (bicyclic) bond motifs is 1. The quantitative estimate of drug-likeness (QED) is 0.624. The number of aliphatic hydroxyl groups excluding tert-OH is 1. The summed E-state index contributed by atoms with van der Waals surface area (Å²) in [6.45, 7) is 0. The van der Waals surface area contributed by atoms with Crippen LogP contribution >= 0.6 is 50.7 Å². The summed E-state index contributed by atoms with van der Waals surface area (Å²) in [7, 11) is 0. The molecule has 0 spiro atoms. The first kappa shape index (κ1) is 15.6. The zero-order valence-electron chi connectivity index (χ0n) is 10.9. The Bertz CT molecular complexity index is 672. The highest BCUT2D eigenvalue weighted by molar-refractivity contribution is 9.09. The first-order valence-corrected chi connectivity index (χ1v) is 8.57. The molecule has 21 heavy (non-hydrogen) atoms. The van der Waals surface area contributed by atoms with Crippen LogP contribution in [0.1, 0.15) is 22.6 Å². The number of aliphatic hydroxyl groups is 1. The largest absolute Gasteiger partial charge is 0.392 e. The van der Waals surface area contributed by atoms with Gasteiger partial charge in [0.2, 0.25) is 0 Å². The van der Waals surface area contributed by atoms with Crippen molar-refractivity contribution in [1.29, 1.82) is 0 Å². The number of benzene rings is 2. The highest BCUT2D eigenvalue weighted by Crippen LogP contribution is 2.43. The van der Waals surface area contributed by atoms with Crippen molar-refractivity contribution in [2.24, 2.45) is 0 Å². The summed E-state index contributed by atoms with van der Waals surface area (Å²) in [5, 5.41) is 12.1. The zero-order chi connectivity index (χ0) is 15.1. The molecule has 1 aliphatic carbocycles. The lowest BCUT2D eigenvalue weighted by Gasteiger charge is -2.34. The molecule has 3 unspecified atom stereocenters. The number of halogens is 4. The molecule has 0 fully saturated rings. The van der Waals surface area contributed by atoms with E-state index < -0.39 is 6.10 Å². The van der Waals surface area contributed by atoms with E-state index >= 15 is 0 Å². The standard InChI is InChI=1S/C16H12BrCl3O/c17-16-14(21)6-9-5-12(19)13(20)7-11(9)15(16)8-1-3-10(18)4-2-8/h1-5,7,14-16,21H,6H2. The molecule has 1 N–H and O–H groups in total. The Morgan fingerprint density at radius 2 is 1.62 bits per heavy atom. The minimum absolute atomic E-state index is 0.00998. The summed E-state index contributed by atoms with van der Waals surface area (Å²) in [6, 6.07) is 11.4. The lowest BCUT2D eigenvalue weighted by Crippen LogP contribution is -2.35. The highest BCUT2D eigenvalue weighted by Gasteiger charge is 2.35. The summed E-state index contributed by atoms with van der Waals surface area (Å²) < 4.78 is 0. The number of hydrogen-bond donors (Lipinski definition) is 1. The third kappa shape index (κ3) is 2.97. The first-order chi connectivity index (χ1) is 9.97. The van der Waals surface area contributed by atoms with Gasteiger partial charge in [-0.3, -0.25) is 0 Å². The van der Waals surface area contributed by atoms with E-state index in [1.807, 2.05) is 36.4 Å². The van der Waals surface area contributed by atoms with Gasteiger partial charge in [-0.2, -0.15) is 0 Å². The molecule has 0 heterocycles. The third-order valence-electron chi connectivity index (χ3n) is 3.86. The van der Waals surface area contributed by atoms with Gasteiger partial charge in [-0.25, -0.2) is 0 Å². The second-order valence-electron chi connectivity index (χ2n) is 5.21. The van der Waals surface area contributed by atoms with Gasteiger partial charge in [0.1, 0.15) is 0 Å². The maximum absolute atomic E-state index is 10.3. The maximum atomic E-state index is 10.3. The van der Waals surface area contributed by atoms with Crippen molar-refractivity contribution in [2.75, 3.05) is 0 Å². The van der Waals surface area contributed by atoms with Crippen LogP contribution in [-0.4, -0.2) is 16.0 Å². The topological polar surface area (TPSA) is 20.2 Å². The van der Waals surface area contributed by atoms with E-state index in [9.17, 15) is 5.11 Å². The molecule has 1 aliphatic rings. The van der Waals surface area contributed by atoms with Crippen LogP contribution in [-0.2, 0) is 6.42 Å². The summed E-state index contributed by atoms with van der Waals surface area (Å²) in [6.07, 6.45) is 0.0853. The van der Waals surface area contributed by atoms with Crippen LogP contribution in [0.15, 0.2) is 36.4 Å². The average Bonchev–Trinajstić information content (AvgIpc) is 2.44. The van der Waals surface area contributed by atoms with Crippen LogP contribution in [0.3, 0.4) is 0 Å². The molecule has 5 heteroatoms. The van der Waals surface area contributed by atoms with E-state index in [0.29, 0.717) is 21.5 Å². The molecule has 0 radical (unpaired) electrons. The lowest BCUT2D eigenvalue weighted by molar-refractivity contribution is 0.161. The van der Waals surface area contributed by atoms with Crippen molar-refractivity contribution in [3.8, 4) is 0 Å². The van der Waals surface area contributed by atoms with Crippen LogP contribution in [0.5, 0.6) is 0 Å². The molecule has 0 bridgehead atoms. The van der Waals surface area contributed by atoms with Gasteiger partial charge in [-0.15, -0.1) is 0 Å². The molecule has 0 aliphatic heterocycles. The van der Waals surface area contributed by atoms with Crippen molar-refractivity contribution in [2.45, 2.75) is 23.3 Å². The van der Waals surface area contributed by atoms with Crippen LogP contribution in [0, 0.1) is 0 Å². The van der Waals surface area contributed by atoms with E-state index in [1.54, 1.807) is 0 Å². The van der Waals surface area contributed by atoms with E-state index in [4.69, 9.17) is 34.8 Å². The van der Waals surface area contributed by atoms with E-state index in [0.717, 1.165) is 16.7 Å². The Morgan fingerprint density at radius 1 is 1.00 bits per heavy atom. The Kier molecular flexibility index (Phi) is 4.54. The molecule has 0 saturated heterocycles. The summed E-state index contributed by atoms with van der Waals surface area (Å²) in [5.41, 5.74) is 3.21. The van der Waals surface area contributed by atoms with Crippen LogP contribution < -0.4 is 0 Å². The molecule has 3 atom stereocenters. The second kappa shape index (κ2) is 6.10. The molecule has 0 aromatic heterocycles. The molecular formula is C16H12BrCl3O. The number of rotatable bonds is 1. The SMILES string of the molecule is OC1Cc2cc(Cl)c(Cl)cc2C(c2ccc(Cl)cc2)C1Br. The fourth-order valence-corrected chi connectivity index (χ4v) is 4.10. The molecule has 0 saturated carbocycles. The predicted octanol–water partition coefficient (Wildman–Crippen LogP) is 5.46. The van der Waals surface area contributed by atoms with Gasteiger partial charge in [-0.05, 0) is 47.4 Å². The zero-order valence-corrected chi connectivity index (χ0v) is 14.7. The fraction of sp³-hybridized carbons (Fsp3) is 0.250. The highest BCUT2D eigenvalue weighted by atomic mass is 79.9. The van der Waals surface area contributed by atoms with Gasteiger partial charge >= 0.3 is 0 Å². The molecule has 0 amide bonds. The van der Waals surface area contributed by atoms with Crippen molar-refractivity contribution < 1.29 is 5.11 Å². The Labute approximate surface area is 147 Å². The maximum Gasteiger partial charge on any atom is 0.0714 e. The Hall–Kier alpha value is -0.250. The van der Waals surface area contributed by atoms with Crippen LogP contribution in [0.25, 0.3) is 0 Å². The number of hydrogen-bond acceptors (Lipinski definition) is 1. The van der Waals surface area contributed by atoms with Gasteiger partial charge in [0.25, 0.3) is 0 Å². The third-order valence-corrected chi connectivity index (χ3v) is 5.97. The number of alkyl halides is 1. The van der Waals surface area contributed by atoms with E-state index in [-0.39, 0.29) is 10.7 Å². The smallest absolute Gasteiger partial charge is 0.0714 e. The van der Waals surface area contributed by atoms with Crippen molar-refractivity contribution in [3.05, 3.63) is 68.2 Å². The molecule has 1 nitrogen and oxygen atoms in total. The normalized spacial score (nSPS) is 24.7. The average molecular weight is 407 g/mol. The van der Waals surface area contributed by atoms with Gasteiger partial charge < -0.3 is 5.11 Å². The summed E-state index contributed by atoms with van der Waals surface area (Å²) >= 11 is 21.9. The summed E-state index contributed by atoms with van der Waals surface area (Å²) in [4.78, 5) is -0.0802. The monoisotopic (exact) mass is 404 g/mol. The van der Waals surface area contributed by atoms with Crippen LogP contribution in [0.4, 0.5) is 0 Å². The molecular weight excluding hydrogens is 394 g/mol. The van der Waals surface area contributed by atoms with E-state index in [2.05, 4.69) is 15.9 Å². The van der Waals surface area contributed by atoms with Crippen molar-refractivity contribution in [1.82, 2.24) is 0 Å². The molecule has 2 aromatic rings. The second-order valence-corrected chi connectivity index (χ2v) is 7.52. The van der Waals surface area contributed by atoms with Gasteiger partial charge in [-0.1, -0.05) is 62.9 Å². The molecule has 110 valence electrons. The Morgan fingerprint density at radius 3 is 2.29 bits per heavy atom. The van der Waals surface area contributed by atoms with Gasteiger partial charge in [0.15, 0.2) is 0 Å². The fourth-order valence-electron chi connectivity index (χ4n) is 2.83. The minimum Gasteiger partial charge on any atom is -0.392 e. The van der Waals surface area contributed by atoms with Crippen LogP contribution in [0.2, 0.25) is 15.1 Å². The Balaban J connectivity index is 2.15. The minimum atomic E-state index is -0.476. The van der Waals surface area contributed by atoms with Crippen molar-refractivity contribution in [3.63, 3.8) is 0 Å². The molecule has 2 aromatic carbocycles. The van der Waals surface area contributed by atoms with Gasteiger partial charge in [0, 0.05) is 10.9 Å². The lowest BCUT2D eigenvalue weighted by atomic mass is 9.77. The van der Waals surface area contributed by atoms with Crippen molar-refractivity contribution >= 4 is 50.7 Å². The first-order valence-electron chi connectivity index (χ1n) is 6.53. The van der Waals surface area contributed by atoms with Gasteiger partial charge in [0.05, 0.1) is 21.0 Å². The van der Waals surface area contributed by atoms with E-state index in [1.165, 1.54) is 0 Å². The summed E-state index contributed by atoms with van der Waals surface area (Å²) in [5.74, 6) is 0.00998.